The average Bonchev–Trinajstić information content (AvgIpc) is 2.45. The van der Waals surface area contributed by atoms with Crippen LogP contribution in [0.3, 0.4) is 0 Å². The summed E-state index contributed by atoms with van der Waals surface area (Å²) in [6, 6.07) is 0.889. The van der Waals surface area contributed by atoms with Crippen LogP contribution in [0, 0.1) is 0 Å². The number of nitrogens with zero attached hydrogens (tertiary/aromatic N) is 4. The number of alkyl halides is 4. The van der Waals surface area contributed by atoms with Crippen LogP contribution in [0.2, 0.25) is 0 Å². The maximum atomic E-state index is 12.6. The Kier molecular flexibility index (Phi) is 5.04. The number of halogens is 4. The maximum absolute atomic E-state index is 12.6. The molecule has 1 aromatic rings. The van der Waals surface area contributed by atoms with Crippen LogP contribution in [0.15, 0.2) is 12.3 Å². The van der Waals surface area contributed by atoms with Crippen LogP contribution in [-0.4, -0.2) is 53.5 Å². The van der Waals surface area contributed by atoms with Crippen molar-refractivity contribution >= 4 is 17.5 Å². The quantitative estimate of drug-likeness (QED) is 0.799. The molecule has 20 heavy (non-hydrogen) atoms. The van der Waals surface area contributed by atoms with Crippen molar-refractivity contribution in [2.45, 2.75) is 12.6 Å². The summed E-state index contributed by atoms with van der Waals surface area (Å²) in [5.74, 6) is 0.772. The first kappa shape index (κ1) is 15.3. The zero-order valence-electron chi connectivity index (χ0n) is 10.9. The van der Waals surface area contributed by atoms with Crippen LogP contribution in [0.1, 0.15) is 12.1 Å². The lowest BCUT2D eigenvalue weighted by Gasteiger charge is -2.34. The molecule has 0 amide bonds. The molecule has 4 nitrogen and oxygen atoms in total. The van der Waals surface area contributed by atoms with Crippen LogP contribution in [0.4, 0.5) is 19.1 Å². The van der Waals surface area contributed by atoms with Gasteiger partial charge < -0.3 is 4.90 Å². The third-order valence-corrected chi connectivity index (χ3v) is 3.46. The number of hydrogen-bond acceptors (Lipinski definition) is 4. The zero-order valence-corrected chi connectivity index (χ0v) is 11.7. The minimum atomic E-state index is -4.43. The highest BCUT2D eigenvalue weighted by Crippen LogP contribution is 2.28. The topological polar surface area (TPSA) is 32.3 Å². The van der Waals surface area contributed by atoms with Gasteiger partial charge in [-0.05, 0) is 19.0 Å². The van der Waals surface area contributed by atoms with Crippen LogP contribution in [0.5, 0.6) is 0 Å². The third kappa shape index (κ3) is 3.96. The molecule has 1 aliphatic rings. The summed E-state index contributed by atoms with van der Waals surface area (Å²) in [6.45, 7) is 3.75. The lowest BCUT2D eigenvalue weighted by Crippen LogP contribution is -2.47. The highest BCUT2D eigenvalue weighted by Gasteiger charge is 2.33. The Morgan fingerprint density at radius 2 is 1.90 bits per heavy atom. The van der Waals surface area contributed by atoms with E-state index in [1.807, 2.05) is 0 Å². The van der Waals surface area contributed by atoms with Gasteiger partial charge >= 0.3 is 6.18 Å². The van der Waals surface area contributed by atoms with Gasteiger partial charge in [-0.25, -0.2) is 9.97 Å². The number of hydrogen-bond donors (Lipinski definition) is 0. The molecule has 1 aliphatic heterocycles. The van der Waals surface area contributed by atoms with Crippen LogP contribution in [0.25, 0.3) is 0 Å². The molecular weight excluding hydrogens is 293 g/mol. The minimum absolute atomic E-state index is 0.150. The second-order valence-corrected chi connectivity index (χ2v) is 4.99. The molecule has 0 radical (unpaired) electrons. The Bertz CT molecular complexity index is 433. The largest absolute Gasteiger partial charge is 0.433 e. The van der Waals surface area contributed by atoms with Gasteiger partial charge in [0.15, 0.2) is 0 Å². The highest BCUT2D eigenvalue weighted by molar-refractivity contribution is 6.17. The van der Waals surface area contributed by atoms with Crippen molar-refractivity contribution < 1.29 is 13.2 Å². The molecule has 2 rings (SSSR count). The van der Waals surface area contributed by atoms with E-state index >= 15 is 0 Å². The van der Waals surface area contributed by atoms with Gasteiger partial charge in [-0.2, -0.15) is 13.2 Å². The first-order valence-electron chi connectivity index (χ1n) is 6.44. The molecule has 0 unspecified atom stereocenters. The summed E-state index contributed by atoms with van der Waals surface area (Å²) in [6.07, 6.45) is -2.35. The van der Waals surface area contributed by atoms with Crippen molar-refractivity contribution in [3.63, 3.8) is 0 Å². The summed E-state index contributed by atoms with van der Waals surface area (Å²) in [5.41, 5.74) is -0.896. The van der Waals surface area contributed by atoms with Gasteiger partial charge in [-0.15, -0.1) is 11.6 Å². The molecule has 1 aromatic heterocycles. The lowest BCUT2D eigenvalue weighted by atomic mass is 10.3. The van der Waals surface area contributed by atoms with E-state index in [0.717, 1.165) is 38.3 Å². The fourth-order valence-electron chi connectivity index (χ4n) is 2.11. The van der Waals surface area contributed by atoms with Crippen LogP contribution < -0.4 is 4.90 Å². The zero-order chi connectivity index (χ0) is 14.6. The number of anilines is 1. The Balaban J connectivity index is 1.97. The van der Waals surface area contributed by atoms with Gasteiger partial charge in [0.25, 0.3) is 0 Å². The SMILES string of the molecule is FC(F)(F)c1ccnc(N2CCN(CCCCl)CC2)n1. The van der Waals surface area contributed by atoms with E-state index in [1.54, 1.807) is 4.90 Å². The van der Waals surface area contributed by atoms with Crippen molar-refractivity contribution in [2.24, 2.45) is 0 Å². The number of piperazine rings is 1. The van der Waals surface area contributed by atoms with Gasteiger partial charge in [-0.1, -0.05) is 0 Å². The molecule has 0 spiro atoms. The van der Waals surface area contributed by atoms with E-state index in [1.165, 1.54) is 0 Å². The van der Waals surface area contributed by atoms with Gasteiger partial charge in [0.05, 0.1) is 0 Å². The monoisotopic (exact) mass is 308 g/mol. The minimum Gasteiger partial charge on any atom is -0.338 e. The van der Waals surface area contributed by atoms with Crippen LogP contribution >= 0.6 is 11.6 Å². The molecule has 0 atom stereocenters. The van der Waals surface area contributed by atoms with Crippen molar-refractivity contribution in [2.75, 3.05) is 43.5 Å². The Hall–Kier alpha value is -1.08. The van der Waals surface area contributed by atoms with E-state index in [2.05, 4.69) is 14.9 Å². The predicted octanol–water partition coefficient (Wildman–Crippen LogP) is 2.25. The highest BCUT2D eigenvalue weighted by atomic mass is 35.5. The summed E-state index contributed by atoms with van der Waals surface area (Å²) < 4.78 is 37.8. The molecule has 0 aromatic carbocycles. The van der Waals surface area contributed by atoms with Crippen molar-refractivity contribution in [1.29, 1.82) is 0 Å². The summed E-state index contributed by atoms with van der Waals surface area (Å²) in [4.78, 5) is 11.6. The van der Waals surface area contributed by atoms with E-state index in [4.69, 9.17) is 11.6 Å². The molecule has 8 heteroatoms. The summed E-state index contributed by atoms with van der Waals surface area (Å²) in [7, 11) is 0. The Labute approximate surface area is 120 Å². The van der Waals surface area contributed by atoms with Gasteiger partial charge in [0.1, 0.15) is 5.69 Å². The van der Waals surface area contributed by atoms with E-state index in [-0.39, 0.29) is 5.95 Å². The average molecular weight is 309 g/mol. The molecule has 112 valence electrons. The molecule has 0 aliphatic carbocycles. The Morgan fingerprint density at radius 3 is 2.50 bits per heavy atom. The standard InChI is InChI=1S/C12H16ClF3N4/c13-3-1-5-19-6-8-20(9-7-19)11-17-4-2-10(18-11)12(14,15)16/h2,4H,1,3,5-9H2. The lowest BCUT2D eigenvalue weighted by molar-refractivity contribution is -0.141. The normalized spacial score (nSPS) is 17.5. The van der Waals surface area contributed by atoms with Crippen LogP contribution in [-0.2, 0) is 6.18 Å². The predicted molar refractivity (Wildman–Crippen MR) is 71.0 cm³/mol. The second kappa shape index (κ2) is 6.58. The second-order valence-electron chi connectivity index (χ2n) is 4.61. The Morgan fingerprint density at radius 1 is 1.20 bits per heavy atom. The molecule has 0 bridgehead atoms. The fourth-order valence-corrected chi connectivity index (χ4v) is 2.23. The molecular formula is C12H16ClF3N4. The first-order valence-corrected chi connectivity index (χ1v) is 6.97. The van der Waals surface area contributed by atoms with Crippen molar-refractivity contribution in [1.82, 2.24) is 14.9 Å². The fraction of sp³-hybridized carbons (Fsp3) is 0.667. The van der Waals surface area contributed by atoms with E-state index in [9.17, 15) is 13.2 Å². The molecule has 0 N–H and O–H groups in total. The number of rotatable bonds is 4. The summed E-state index contributed by atoms with van der Waals surface area (Å²) >= 11 is 5.64. The maximum Gasteiger partial charge on any atom is 0.433 e. The van der Waals surface area contributed by atoms with Gasteiger partial charge in [0.2, 0.25) is 5.95 Å². The first-order chi connectivity index (χ1) is 9.50. The van der Waals surface area contributed by atoms with E-state index < -0.39 is 11.9 Å². The molecule has 1 saturated heterocycles. The smallest absolute Gasteiger partial charge is 0.338 e. The molecule has 2 heterocycles. The third-order valence-electron chi connectivity index (χ3n) is 3.20. The van der Waals surface area contributed by atoms with Crippen molar-refractivity contribution in [3.8, 4) is 0 Å². The van der Waals surface area contributed by atoms with E-state index in [0.29, 0.717) is 19.0 Å². The van der Waals surface area contributed by atoms with Gasteiger partial charge in [-0.3, -0.25) is 4.90 Å². The number of aromatic nitrogens is 2. The molecule has 1 fully saturated rings. The van der Waals surface area contributed by atoms with Crippen molar-refractivity contribution in [3.05, 3.63) is 18.0 Å². The summed E-state index contributed by atoms with van der Waals surface area (Å²) in [5, 5.41) is 0. The van der Waals surface area contributed by atoms with Gasteiger partial charge in [0, 0.05) is 38.3 Å². The molecule has 0 saturated carbocycles.